The Kier molecular flexibility index (Phi) is 14.7. The topological polar surface area (TPSA) is 188 Å². The lowest BCUT2D eigenvalue weighted by Gasteiger charge is -2.07. The Morgan fingerprint density at radius 3 is 1.74 bits per heavy atom. The quantitative estimate of drug-likeness (QED) is 0.174. The molecular formula is C24H24Cl2N2O10. The van der Waals surface area contributed by atoms with E-state index >= 15 is 0 Å². The van der Waals surface area contributed by atoms with Gasteiger partial charge in [-0.2, -0.15) is 0 Å². The number of carboxylic acids is 1. The van der Waals surface area contributed by atoms with Crippen LogP contribution in [-0.2, 0) is 46.6 Å². The van der Waals surface area contributed by atoms with Crippen LogP contribution in [0.25, 0.3) is 0 Å². The highest BCUT2D eigenvalue weighted by Crippen LogP contribution is 2.07. The lowest BCUT2D eigenvalue weighted by Crippen LogP contribution is -2.33. The zero-order valence-electron chi connectivity index (χ0n) is 19.7. The molecule has 1 heterocycles. The number of cyclic esters (lactones) is 2. The fourth-order valence-electron chi connectivity index (χ4n) is 2.56. The van der Waals surface area contributed by atoms with Crippen molar-refractivity contribution < 1.29 is 48.1 Å². The summed E-state index contributed by atoms with van der Waals surface area (Å²) in [6.07, 6.45) is -1.37. The number of nitrogens with two attached hydrogens (primary N) is 1. The van der Waals surface area contributed by atoms with E-state index in [0.717, 1.165) is 11.1 Å². The number of amides is 1. The monoisotopic (exact) mass is 570 g/mol. The minimum Gasteiger partial charge on any atom is -0.480 e. The summed E-state index contributed by atoms with van der Waals surface area (Å²) in [6, 6.07) is 16.1. The highest BCUT2D eigenvalue weighted by molar-refractivity contribution is 6.93. The van der Waals surface area contributed by atoms with Crippen molar-refractivity contribution in [2.75, 3.05) is 0 Å². The van der Waals surface area contributed by atoms with Crippen LogP contribution in [0.1, 0.15) is 24.0 Å². The van der Waals surface area contributed by atoms with Gasteiger partial charge in [0.25, 0.3) is 0 Å². The van der Waals surface area contributed by atoms with Crippen LogP contribution in [0.3, 0.4) is 0 Å². The second-order valence-corrected chi connectivity index (χ2v) is 8.16. The van der Waals surface area contributed by atoms with Gasteiger partial charge in [0.05, 0.1) is 12.8 Å². The number of hydrogen-bond acceptors (Lipinski definition) is 10. The first-order valence-corrected chi connectivity index (χ1v) is 11.5. The summed E-state index contributed by atoms with van der Waals surface area (Å²) < 4.78 is 13.2. The number of carboxylic acid groups (broad SMARTS) is 1. The first-order valence-electron chi connectivity index (χ1n) is 10.7. The molecule has 1 aliphatic rings. The Morgan fingerprint density at radius 1 is 0.895 bits per heavy atom. The predicted octanol–water partition coefficient (Wildman–Crippen LogP) is 2.87. The van der Waals surface area contributed by atoms with Crippen molar-refractivity contribution >= 4 is 57.9 Å². The number of halogens is 2. The standard InChI is InChI=1S/C12H11NO5.C11H13NO4.CCl2O/c14-10(6-9-11(15)18-12(16)13-9)17-7-8-4-2-1-3-5-8;12-9(11(14)15)6-10(13)16-7-8-4-2-1-3-5-8;2-1(3)4/h1-5,9H,6-7H2,(H,13,16);1-5,9H,6-7,12H2,(H,14,15);/t2*9-;/m11./s1. The molecule has 204 valence electrons. The number of benzene rings is 2. The molecular weight excluding hydrogens is 547 g/mol. The maximum atomic E-state index is 11.4. The van der Waals surface area contributed by atoms with Crippen molar-refractivity contribution in [3.8, 4) is 0 Å². The third-order valence-corrected chi connectivity index (χ3v) is 4.33. The molecule has 0 radical (unpaired) electrons. The number of ether oxygens (including phenoxy) is 3. The Bertz CT molecular complexity index is 1100. The van der Waals surface area contributed by atoms with Crippen LogP contribution in [0.4, 0.5) is 9.59 Å². The summed E-state index contributed by atoms with van der Waals surface area (Å²) in [4.78, 5) is 63.8. The van der Waals surface area contributed by atoms with Crippen molar-refractivity contribution in [3.63, 3.8) is 0 Å². The van der Waals surface area contributed by atoms with Crippen LogP contribution in [0.2, 0.25) is 0 Å². The Balaban J connectivity index is 0.000000335. The van der Waals surface area contributed by atoms with E-state index in [1.54, 1.807) is 0 Å². The largest absolute Gasteiger partial charge is 0.480 e. The maximum absolute atomic E-state index is 11.4. The normalized spacial score (nSPS) is 14.2. The minimum atomic E-state index is -1.21. The third-order valence-electron chi connectivity index (χ3n) is 4.33. The van der Waals surface area contributed by atoms with Crippen LogP contribution < -0.4 is 11.1 Å². The zero-order chi connectivity index (χ0) is 28.5. The summed E-state index contributed by atoms with van der Waals surface area (Å²) in [6.45, 7) is 0.265. The van der Waals surface area contributed by atoms with Crippen LogP contribution in [-0.4, -0.2) is 51.9 Å². The van der Waals surface area contributed by atoms with Crippen LogP contribution in [0.5, 0.6) is 0 Å². The predicted molar refractivity (Wildman–Crippen MR) is 133 cm³/mol. The molecule has 0 aromatic heterocycles. The molecule has 1 amide bonds. The number of carbonyl (C=O) groups excluding carboxylic acids is 5. The Labute approximate surface area is 226 Å². The average molecular weight is 571 g/mol. The molecule has 2 aromatic rings. The lowest BCUT2D eigenvalue weighted by atomic mass is 10.2. The highest BCUT2D eigenvalue weighted by atomic mass is 35.5. The maximum Gasteiger partial charge on any atom is 0.415 e. The van der Waals surface area contributed by atoms with E-state index in [9.17, 15) is 24.0 Å². The van der Waals surface area contributed by atoms with Gasteiger partial charge in [-0.1, -0.05) is 60.7 Å². The number of esters is 3. The second-order valence-electron chi connectivity index (χ2n) is 7.28. The number of aliphatic carboxylic acids is 1. The number of alkyl carbamates (subject to hydrolysis) is 1. The molecule has 12 nitrogen and oxygen atoms in total. The third kappa shape index (κ3) is 14.5. The van der Waals surface area contributed by atoms with Gasteiger partial charge in [-0.05, 0) is 34.3 Å². The fraction of sp³-hybridized carbons (Fsp3) is 0.250. The van der Waals surface area contributed by atoms with Gasteiger partial charge >= 0.3 is 34.7 Å². The van der Waals surface area contributed by atoms with Crippen LogP contribution in [0.15, 0.2) is 60.7 Å². The first-order chi connectivity index (χ1) is 18.0. The molecule has 14 heteroatoms. The number of rotatable bonds is 9. The molecule has 0 spiro atoms. The molecule has 2 aromatic carbocycles. The summed E-state index contributed by atoms with van der Waals surface area (Å²) in [7, 11) is 0. The van der Waals surface area contributed by atoms with Gasteiger partial charge in [-0.15, -0.1) is 0 Å². The van der Waals surface area contributed by atoms with Gasteiger partial charge in [0.15, 0.2) is 0 Å². The molecule has 2 atom stereocenters. The van der Waals surface area contributed by atoms with Crippen molar-refractivity contribution in [1.82, 2.24) is 5.32 Å². The number of carbonyl (C=O) groups is 6. The van der Waals surface area contributed by atoms with Crippen molar-refractivity contribution in [3.05, 3.63) is 71.8 Å². The molecule has 0 unspecified atom stereocenters. The van der Waals surface area contributed by atoms with Crippen LogP contribution in [0, 0.1) is 0 Å². The van der Waals surface area contributed by atoms with E-state index in [4.69, 9.17) is 25.1 Å². The van der Waals surface area contributed by atoms with E-state index in [-0.39, 0.29) is 26.1 Å². The van der Waals surface area contributed by atoms with Crippen molar-refractivity contribution in [2.24, 2.45) is 5.73 Å². The van der Waals surface area contributed by atoms with E-state index in [0.29, 0.717) is 0 Å². The van der Waals surface area contributed by atoms with Crippen molar-refractivity contribution in [1.29, 1.82) is 0 Å². The van der Waals surface area contributed by atoms with Gasteiger partial charge < -0.3 is 30.4 Å². The lowest BCUT2D eigenvalue weighted by molar-refractivity contribution is -0.149. The van der Waals surface area contributed by atoms with Crippen molar-refractivity contribution in [2.45, 2.75) is 38.1 Å². The molecule has 4 N–H and O–H groups in total. The SMILES string of the molecule is N[C@H](CC(=O)OCc1ccccc1)C(=O)O.O=C(C[C@H]1NC(=O)OC1=O)OCc1ccccc1.O=C(Cl)Cl. The molecule has 1 aliphatic heterocycles. The first kappa shape index (κ1) is 32.0. The van der Waals surface area contributed by atoms with E-state index < -0.39 is 46.8 Å². The number of hydrogen-bond donors (Lipinski definition) is 3. The minimum absolute atomic E-state index is 0.131. The van der Waals surface area contributed by atoms with Crippen LogP contribution >= 0.6 is 23.2 Å². The molecule has 1 saturated heterocycles. The smallest absolute Gasteiger partial charge is 0.415 e. The fourth-order valence-corrected chi connectivity index (χ4v) is 2.56. The van der Waals surface area contributed by atoms with E-state index in [1.165, 1.54) is 0 Å². The molecule has 0 saturated carbocycles. The van der Waals surface area contributed by atoms with E-state index in [1.807, 2.05) is 60.7 Å². The van der Waals surface area contributed by atoms with Gasteiger partial charge in [0.1, 0.15) is 25.3 Å². The van der Waals surface area contributed by atoms with Gasteiger partial charge in [-0.3, -0.25) is 19.2 Å². The summed E-state index contributed by atoms with van der Waals surface area (Å²) in [5.41, 5.74) is 6.88. The molecule has 3 rings (SSSR count). The highest BCUT2D eigenvalue weighted by Gasteiger charge is 2.34. The average Bonchev–Trinajstić information content (AvgIpc) is 3.18. The Hall–Kier alpha value is -4.00. The zero-order valence-corrected chi connectivity index (χ0v) is 21.2. The number of nitrogens with one attached hydrogen (secondary N) is 1. The van der Waals surface area contributed by atoms with Gasteiger partial charge in [0.2, 0.25) is 0 Å². The second kappa shape index (κ2) is 17.5. The van der Waals surface area contributed by atoms with E-state index in [2.05, 4.69) is 33.3 Å². The molecule has 0 aliphatic carbocycles. The van der Waals surface area contributed by atoms with Gasteiger partial charge in [-0.25, -0.2) is 9.59 Å². The summed E-state index contributed by atoms with van der Waals surface area (Å²) >= 11 is 8.80. The molecule has 0 bridgehead atoms. The molecule has 38 heavy (non-hydrogen) atoms. The summed E-state index contributed by atoms with van der Waals surface area (Å²) in [5.74, 6) is -3.14. The van der Waals surface area contributed by atoms with Gasteiger partial charge in [0, 0.05) is 0 Å². The summed E-state index contributed by atoms with van der Waals surface area (Å²) in [5, 5.41) is 10.7. The Morgan fingerprint density at radius 2 is 1.34 bits per heavy atom. The molecule has 1 fully saturated rings.